The zero-order chi connectivity index (χ0) is 25.2. The predicted molar refractivity (Wildman–Crippen MR) is 152 cm³/mol. The van der Waals surface area contributed by atoms with Crippen molar-refractivity contribution in [1.82, 2.24) is 9.78 Å². The van der Waals surface area contributed by atoms with Crippen molar-refractivity contribution in [3.63, 3.8) is 0 Å². The second-order valence-electron chi connectivity index (χ2n) is 9.06. The molecule has 0 saturated carbocycles. The second kappa shape index (κ2) is 10.4. The van der Waals surface area contributed by atoms with Crippen molar-refractivity contribution in [3.8, 4) is 0 Å². The van der Waals surface area contributed by atoms with Gasteiger partial charge in [-0.2, -0.15) is 5.10 Å². The zero-order valence-corrected chi connectivity index (χ0v) is 22.4. The van der Waals surface area contributed by atoms with Crippen LogP contribution in [0.15, 0.2) is 42.5 Å². The number of nitrogens with one attached hydrogen (secondary N) is 2. The van der Waals surface area contributed by atoms with Crippen LogP contribution in [0.25, 0.3) is 10.8 Å². The number of thiocarbonyl (C=S) groups is 1. The summed E-state index contributed by atoms with van der Waals surface area (Å²) in [6.45, 7) is 6.87. The lowest BCUT2D eigenvalue weighted by Gasteiger charge is -2.13. The maximum Gasteiger partial charge on any atom is 0.341 e. The molecule has 2 N–H and O–H groups in total. The Morgan fingerprint density at radius 2 is 1.89 bits per heavy atom. The molecule has 2 aromatic heterocycles. The molecule has 0 bridgehead atoms. The molecule has 0 unspecified atom stereocenters. The molecule has 36 heavy (non-hydrogen) atoms. The number of aromatic nitrogens is 2. The van der Waals surface area contributed by atoms with Crippen molar-refractivity contribution in [2.45, 2.75) is 53.0 Å². The van der Waals surface area contributed by atoms with E-state index in [2.05, 4.69) is 53.1 Å². The van der Waals surface area contributed by atoms with Crippen LogP contribution < -0.4 is 10.6 Å². The summed E-state index contributed by atoms with van der Waals surface area (Å²) in [4.78, 5) is 14.0. The summed E-state index contributed by atoms with van der Waals surface area (Å²) in [6.07, 6.45) is 4.13. The molecule has 0 atom stereocenters. The predicted octanol–water partition coefficient (Wildman–Crippen LogP) is 6.63. The molecule has 0 radical (unpaired) electrons. The number of ether oxygens (including phenoxy) is 1. The standard InChI is InChI=1S/C28H30N4O2S2/c1-4-34-27(33)24-22-14-7-8-15-23(22)36-26(24)30-28(35)29-25-17(2)31-32(18(25)3)16-20-12-9-11-19-10-5-6-13-21(19)20/h5-6,9-13H,4,7-8,14-16H2,1-3H3,(H2,29,30,35). The number of nitrogens with zero attached hydrogens (tertiary/aromatic N) is 2. The third kappa shape index (κ3) is 4.75. The summed E-state index contributed by atoms with van der Waals surface area (Å²) in [6, 6.07) is 14.8. The van der Waals surface area contributed by atoms with Crippen molar-refractivity contribution in [2.75, 3.05) is 17.2 Å². The van der Waals surface area contributed by atoms with E-state index >= 15 is 0 Å². The Balaban J connectivity index is 1.37. The fourth-order valence-corrected chi connectivity index (χ4v) is 6.50. The van der Waals surface area contributed by atoms with E-state index in [-0.39, 0.29) is 5.97 Å². The molecule has 1 aliphatic carbocycles. The number of hydrogen-bond acceptors (Lipinski definition) is 5. The van der Waals surface area contributed by atoms with Crippen LogP contribution in [0.2, 0.25) is 0 Å². The quantitative estimate of drug-likeness (QED) is 0.221. The summed E-state index contributed by atoms with van der Waals surface area (Å²) in [5.74, 6) is -0.280. The highest BCUT2D eigenvalue weighted by Gasteiger charge is 2.27. The van der Waals surface area contributed by atoms with Crippen molar-refractivity contribution >= 4 is 56.1 Å². The van der Waals surface area contributed by atoms with Crippen molar-refractivity contribution in [1.29, 1.82) is 0 Å². The smallest absolute Gasteiger partial charge is 0.341 e. The average Bonchev–Trinajstić information content (AvgIpc) is 3.36. The molecular weight excluding hydrogens is 488 g/mol. The average molecular weight is 519 g/mol. The van der Waals surface area contributed by atoms with Crippen LogP contribution in [0.5, 0.6) is 0 Å². The number of carbonyl (C=O) groups is 1. The van der Waals surface area contributed by atoms with Gasteiger partial charge in [-0.1, -0.05) is 42.5 Å². The first kappa shape index (κ1) is 24.5. The van der Waals surface area contributed by atoms with Gasteiger partial charge in [0.15, 0.2) is 5.11 Å². The number of thiophene rings is 1. The van der Waals surface area contributed by atoms with E-state index in [9.17, 15) is 4.79 Å². The summed E-state index contributed by atoms with van der Waals surface area (Å²) in [5, 5.41) is 15.1. The lowest BCUT2D eigenvalue weighted by molar-refractivity contribution is 0.0526. The van der Waals surface area contributed by atoms with Crippen LogP contribution >= 0.6 is 23.6 Å². The van der Waals surface area contributed by atoms with Gasteiger partial charge >= 0.3 is 5.97 Å². The summed E-state index contributed by atoms with van der Waals surface area (Å²) >= 11 is 7.30. The van der Waals surface area contributed by atoms with Gasteiger partial charge in [0.2, 0.25) is 0 Å². The van der Waals surface area contributed by atoms with E-state index in [0.29, 0.717) is 23.8 Å². The highest BCUT2D eigenvalue weighted by Crippen LogP contribution is 2.38. The molecule has 0 spiro atoms. The molecule has 2 aromatic carbocycles. The normalized spacial score (nSPS) is 12.9. The van der Waals surface area contributed by atoms with Gasteiger partial charge in [0.25, 0.3) is 0 Å². The Morgan fingerprint density at radius 3 is 2.72 bits per heavy atom. The highest BCUT2D eigenvalue weighted by molar-refractivity contribution is 7.80. The first-order valence-corrected chi connectivity index (χ1v) is 13.6. The van der Waals surface area contributed by atoms with Gasteiger partial charge < -0.3 is 15.4 Å². The fraction of sp³-hybridized carbons (Fsp3) is 0.321. The second-order valence-corrected chi connectivity index (χ2v) is 10.6. The third-order valence-electron chi connectivity index (χ3n) is 6.70. The Hall–Kier alpha value is -3.23. The number of aryl methyl sites for hydroxylation is 2. The molecule has 0 aliphatic heterocycles. The summed E-state index contributed by atoms with van der Waals surface area (Å²) < 4.78 is 7.38. The maximum absolute atomic E-state index is 12.8. The minimum Gasteiger partial charge on any atom is -0.462 e. The summed E-state index contributed by atoms with van der Waals surface area (Å²) in [5.41, 5.74) is 5.72. The molecule has 4 aromatic rings. The Bertz CT molecular complexity index is 1450. The van der Waals surface area contributed by atoms with Gasteiger partial charge in [-0.25, -0.2) is 4.79 Å². The Labute approximate surface area is 220 Å². The first-order chi connectivity index (χ1) is 17.5. The molecule has 6 nitrogen and oxygen atoms in total. The van der Waals surface area contributed by atoms with E-state index in [0.717, 1.165) is 53.3 Å². The lowest BCUT2D eigenvalue weighted by atomic mass is 9.95. The van der Waals surface area contributed by atoms with Gasteiger partial charge in [0, 0.05) is 4.88 Å². The number of esters is 1. The van der Waals surface area contributed by atoms with Gasteiger partial charge in [-0.05, 0) is 80.6 Å². The van der Waals surface area contributed by atoms with Crippen LogP contribution in [0, 0.1) is 13.8 Å². The Morgan fingerprint density at radius 1 is 1.11 bits per heavy atom. The molecule has 186 valence electrons. The molecule has 8 heteroatoms. The van der Waals surface area contributed by atoms with Crippen LogP contribution in [0.1, 0.15) is 57.5 Å². The van der Waals surface area contributed by atoms with Gasteiger partial charge in [-0.15, -0.1) is 11.3 Å². The van der Waals surface area contributed by atoms with Crippen LogP contribution in [0.3, 0.4) is 0 Å². The van der Waals surface area contributed by atoms with E-state index in [4.69, 9.17) is 22.1 Å². The van der Waals surface area contributed by atoms with Crippen molar-refractivity contribution in [3.05, 3.63) is 75.4 Å². The van der Waals surface area contributed by atoms with Crippen LogP contribution in [0.4, 0.5) is 10.7 Å². The molecule has 0 amide bonds. The number of fused-ring (bicyclic) bond motifs is 2. The lowest BCUT2D eigenvalue weighted by Crippen LogP contribution is -2.21. The van der Waals surface area contributed by atoms with E-state index in [1.165, 1.54) is 21.2 Å². The highest BCUT2D eigenvalue weighted by atomic mass is 32.1. The largest absolute Gasteiger partial charge is 0.462 e. The number of hydrogen-bond donors (Lipinski definition) is 2. The molecule has 0 fully saturated rings. The van der Waals surface area contributed by atoms with Crippen molar-refractivity contribution in [2.24, 2.45) is 0 Å². The van der Waals surface area contributed by atoms with Gasteiger partial charge in [-0.3, -0.25) is 4.68 Å². The van der Waals surface area contributed by atoms with Crippen molar-refractivity contribution < 1.29 is 9.53 Å². The van der Waals surface area contributed by atoms with Gasteiger partial charge in [0.1, 0.15) is 5.00 Å². The Kier molecular flexibility index (Phi) is 7.07. The number of anilines is 2. The molecule has 5 rings (SSSR count). The zero-order valence-electron chi connectivity index (χ0n) is 20.8. The van der Waals surface area contributed by atoms with Gasteiger partial charge in [0.05, 0.1) is 35.8 Å². The minimum atomic E-state index is -0.280. The fourth-order valence-electron chi connectivity index (χ4n) is 4.94. The van der Waals surface area contributed by atoms with Crippen LogP contribution in [-0.4, -0.2) is 27.5 Å². The van der Waals surface area contributed by atoms with E-state index < -0.39 is 0 Å². The monoisotopic (exact) mass is 518 g/mol. The summed E-state index contributed by atoms with van der Waals surface area (Å²) in [7, 11) is 0. The number of carbonyl (C=O) groups excluding carboxylic acids is 1. The maximum atomic E-state index is 12.8. The number of rotatable bonds is 6. The number of benzene rings is 2. The molecule has 1 aliphatic rings. The van der Waals surface area contributed by atoms with E-state index in [1.807, 2.05) is 25.5 Å². The molecule has 0 saturated heterocycles. The van der Waals surface area contributed by atoms with Crippen LogP contribution in [-0.2, 0) is 24.1 Å². The topological polar surface area (TPSA) is 68.2 Å². The third-order valence-corrected chi connectivity index (χ3v) is 8.11. The SMILES string of the molecule is CCOC(=O)c1c(NC(=S)Nc2c(C)nn(Cc3cccc4ccccc34)c2C)sc2c1CCCC2. The minimum absolute atomic E-state index is 0.280. The molecule has 2 heterocycles. The molecular formula is C28H30N4O2S2. The first-order valence-electron chi connectivity index (χ1n) is 12.4. The van der Waals surface area contributed by atoms with E-state index in [1.54, 1.807) is 11.3 Å².